The lowest BCUT2D eigenvalue weighted by atomic mass is 10.0. The van der Waals surface area contributed by atoms with E-state index < -0.39 is 0 Å². The molecule has 1 aromatic carbocycles. The predicted molar refractivity (Wildman–Crippen MR) is 84.6 cm³/mol. The number of aryl methyl sites for hydroxylation is 1. The van der Waals surface area contributed by atoms with Gasteiger partial charge in [-0.05, 0) is 56.9 Å². The normalized spacial score (nSPS) is 19.5. The Labute approximate surface area is 128 Å². The summed E-state index contributed by atoms with van der Waals surface area (Å²) in [7, 11) is 0. The smallest absolute Gasteiger partial charge is 0.233 e. The van der Waals surface area contributed by atoms with Crippen LogP contribution in [0.2, 0.25) is 0 Å². The number of rotatable bonds is 3. The van der Waals surface area contributed by atoms with Gasteiger partial charge in [-0.2, -0.15) is 0 Å². The summed E-state index contributed by atoms with van der Waals surface area (Å²) < 4.78 is 1.09. The fourth-order valence-electron chi connectivity index (χ4n) is 2.47. The maximum atomic E-state index is 12.3. The van der Waals surface area contributed by atoms with Crippen molar-refractivity contribution in [2.24, 2.45) is 0 Å². The molecule has 2 rings (SSSR count). The van der Waals surface area contributed by atoms with Gasteiger partial charge in [-0.3, -0.25) is 4.79 Å². The lowest BCUT2D eigenvalue weighted by Gasteiger charge is -2.33. The first kappa shape index (κ1) is 14.9. The summed E-state index contributed by atoms with van der Waals surface area (Å²) in [5.41, 5.74) is 1.22. The Morgan fingerprint density at radius 3 is 2.95 bits per heavy atom. The molecule has 1 aromatic rings. The van der Waals surface area contributed by atoms with Gasteiger partial charge >= 0.3 is 0 Å². The molecule has 1 amide bonds. The quantitative estimate of drug-likeness (QED) is 0.766. The highest BCUT2D eigenvalue weighted by Gasteiger charge is 2.22. The van der Waals surface area contributed by atoms with Crippen LogP contribution < -0.4 is 0 Å². The zero-order chi connectivity index (χ0) is 13.8. The second-order valence-electron chi connectivity index (χ2n) is 5.13. The Morgan fingerprint density at radius 1 is 1.47 bits per heavy atom. The minimum Gasteiger partial charge on any atom is -0.339 e. The molecule has 1 aliphatic heterocycles. The molecule has 104 valence electrons. The SMILES string of the molecule is Cc1cc(Br)ccc1SCC(=O)N1CCCCC1C. The maximum absolute atomic E-state index is 12.3. The van der Waals surface area contributed by atoms with Crippen molar-refractivity contribution in [1.29, 1.82) is 0 Å². The largest absolute Gasteiger partial charge is 0.339 e. The molecule has 1 atom stereocenters. The van der Waals surface area contributed by atoms with E-state index >= 15 is 0 Å². The van der Waals surface area contributed by atoms with Crippen LogP contribution >= 0.6 is 27.7 Å². The number of hydrogen-bond donors (Lipinski definition) is 0. The van der Waals surface area contributed by atoms with Crippen LogP contribution in [0.1, 0.15) is 31.7 Å². The minimum absolute atomic E-state index is 0.277. The Morgan fingerprint density at radius 2 is 2.26 bits per heavy atom. The number of carbonyl (C=O) groups excluding carboxylic acids is 1. The van der Waals surface area contributed by atoms with E-state index in [0.717, 1.165) is 23.9 Å². The first-order chi connectivity index (χ1) is 9.08. The van der Waals surface area contributed by atoms with Gasteiger partial charge in [0.05, 0.1) is 5.75 Å². The molecule has 0 spiro atoms. The average Bonchev–Trinajstić information content (AvgIpc) is 2.38. The molecule has 1 fully saturated rings. The van der Waals surface area contributed by atoms with E-state index in [1.807, 2.05) is 11.0 Å². The van der Waals surface area contributed by atoms with Crippen LogP contribution in [0.3, 0.4) is 0 Å². The summed E-state index contributed by atoms with van der Waals surface area (Å²) in [6, 6.07) is 6.62. The molecule has 1 heterocycles. The number of amides is 1. The van der Waals surface area contributed by atoms with E-state index in [-0.39, 0.29) is 5.91 Å². The van der Waals surface area contributed by atoms with Gasteiger partial charge in [-0.25, -0.2) is 0 Å². The second-order valence-corrected chi connectivity index (χ2v) is 7.06. The Bertz CT molecular complexity index is 463. The summed E-state index contributed by atoms with van der Waals surface area (Å²) in [5, 5.41) is 0. The van der Waals surface area contributed by atoms with Crippen molar-refractivity contribution >= 4 is 33.6 Å². The van der Waals surface area contributed by atoms with Crippen molar-refractivity contribution in [3.05, 3.63) is 28.2 Å². The van der Waals surface area contributed by atoms with Gasteiger partial charge in [0, 0.05) is 22.0 Å². The third kappa shape index (κ3) is 3.99. The van der Waals surface area contributed by atoms with E-state index in [9.17, 15) is 4.79 Å². The van der Waals surface area contributed by atoms with Crippen LogP contribution in [-0.2, 0) is 4.79 Å². The fourth-order valence-corrected chi connectivity index (χ4v) is 3.84. The highest BCUT2D eigenvalue weighted by atomic mass is 79.9. The topological polar surface area (TPSA) is 20.3 Å². The van der Waals surface area contributed by atoms with E-state index in [1.54, 1.807) is 11.8 Å². The van der Waals surface area contributed by atoms with Gasteiger partial charge in [0.2, 0.25) is 5.91 Å². The first-order valence-electron chi connectivity index (χ1n) is 6.76. The molecule has 1 saturated heterocycles. The number of thioether (sulfide) groups is 1. The highest BCUT2D eigenvalue weighted by molar-refractivity contribution is 9.10. The summed E-state index contributed by atoms with van der Waals surface area (Å²) >= 11 is 5.11. The van der Waals surface area contributed by atoms with Crippen molar-refractivity contribution in [3.8, 4) is 0 Å². The second kappa shape index (κ2) is 6.80. The molecule has 0 N–H and O–H groups in total. The lowest BCUT2D eigenvalue weighted by molar-refractivity contribution is -0.131. The zero-order valence-corrected chi connectivity index (χ0v) is 13.9. The van der Waals surface area contributed by atoms with Crippen LogP contribution in [0.5, 0.6) is 0 Å². The molecule has 1 unspecified atom stereocenters. The molecule has 19 heavy (non-hydrogen) atoms. The van der Waals surface area contributed by atoms with E-state index in [1.165, 1.54) is 16.9 Å². The van der Waals surface area contributed by atoms with E-state index in [0.29, 0.717) is 11.8 Å². The van der Waals surface area contributed by atoms with E-state index in [2.05, 4.69) is 41.9 Å². The van der Waals surface area contributed by atoms with Crippen LogP contribution in [0, 0.1) is 6.92 Å². The van der Waals surface area contributed by atoms with Crippen LogP contribution in [0.25, 0.3) is 0 Å². The summed E-state index contributed by atoms with van der Waals surface area (Å²) in [6.07, 6.45) is 3.55. The van der Waals surface area contributed by atoms with Gasteiger partial charge in [-0.1, -0.05) is 15.9 Å². The van der Waals surface area contributed by atoms with Crippen LogP contribution in [0.4, 0.5) is 0 Å². The summed E-state index contributed by atoms with van der Waals surface area (Å²) in [5.74, 6) is 0.826. The predicted octanol–water partition coefficient (Wildman–Crippen LogP) is 4.25. The van der Waals surface area contributed by atoms with Crippen LogP contribution in [0.15, 0.2) is 27.6 Å². The number of likely N-dealkylation sites (tertiary alicyclic amines) is 1. The molecular formula is C15H20BrNOS. The number of benzene rings is 1. The maximum Gasteiger partial charge on any atom is 0.233 e. The van der Waals surface area contributed by atoms with Gasteiger partial charge in [0.25, 0.3) is 0 Å². The van der Waals surface area contributed by atoms with E-state index in [4.69, 9.17) is 0 Å². The van der Waals surface area contributed by atoms with Crippen LogP contribution in [-0.4, -0.2) is 29.1 Å². The standard InChI is InChI=1S/C15H20BrNOS/c1-11-9-13(16)6-7-14(11)19-10-15(18)17-8-4-3-5-12(17)2/h6-7,9,12H,3-5,8,10H2,1-2H3. The molecule has 1 aliphatic rings. The molecule has 0 saturated carbocycles. The summed E-state index contributed by atoms with van der Waals surface area (Å²) in [4.78, 5) is 15.5. The summed E-state index contributed by atoms with van der Waals surface area (Å²) in [6.45, 7) is 5.17. The lowest BCUT2D eigenvalue weighted by Crippen LogP contribution is -2.42. The number of nitrogens with zero attached hydrogens (tertiary/aromatic N) is 1. The highest BCUT2D eigenvalue weighted by Crippen LogP contribution is 2.26. The van der Waals surface area contributed by atoms with Crippen molar-refractivity contribution in [2.45, 2.75) is 44.0 Å². The fraction of sp³-hybridized carbons (Fsp3) is 0.533. The van der Waals surface area contributed by atoms with Gasteiger partial charge in [0.15, 0.2) is 0 Å². The number of piperidine rings is 1. The van der Waals surface area contributed by atoms with Gasteiger partial charge < -0.3 is 4.90 Å². The Hall–Kier alpha value is -0.480. The first-order valence-corrected chi connectivity index (χ1v) is 8.54. The number of halogens is 1. The molecule has 0 bridgehead atoms. The van der Waals surface area contributed by atoms with Gasteiger partial charge in [0.1, 0.15) is 0 Å². The average molecular weight is 342 g/mol. The van der Waals surface area contributed by atoms with Crippen molar-refractivity contribution in [1.82, 2.24) is 4.90 Å². The molecule has 2 nitrogen and oxygen atoms in total. The zero-order valence-electron chi connectivity index (χ0n) is 11.5. The molecule has 0 radical (unpaired) electrons. The third-order valence-corrected chi connectivity index (χ3v) is 5.27. The molecular weight excluding hydrogens is 322 g/mol. The number of carbonyl (C=O) groups is 1. The van der Waals surface area contributed by atoms with Crippen molar-refractivity contribution in [3.63, 3.8) is 0 Å². The van der Waals surface area contributed by atoms with Crippen molar-refractivity contribution in [2.75, 3.05) is 12.3 Å². The Balaban J connectivity index is 1.92. The monoisotopic (exact) mass is 341 g/mol. The molecule has 0 aromatic heterocycles. The van der Waals surface area contributed by atoms with Crippen molar-refractivity contribution < 1.29 is 4.79 Å². The Kier molecular flexibility index (Phi) is 5.34. The molecule has 4 heteroatoms. The molecule has 0 aliphatic carbocycles. The van der Waals surface area contributed by atoms with Gasteiger partial charge in [-0.15, -0.1) is 11.8 Å². The minimum atomic E-state index is 0.277. The number of hydrogen-bond acceptors (Lipinski definition) is 2. The third-order valence-electron chi connectivity index (χ3n) is 3.61.